The Morgan fingerprint density at radius 3 is 2.85 bits per heavy atom. The van der Waals surface area contributed by atoms with E-state index in [0.29, 0.717) is 12.8 Å². The van der Waals surface area contributed by atoms with E-state index in [2.05, 4.69) is 4.57 Å². The van der Waals surface area contributed by atoms with Crippen LogP contribution in [-0.4, -0.2) is 10.4 Å². The lowest BCUT2D eigenvalue weighted by Gasteiger charge is -2.16. The van der Waals surface area contributed by atoms with Gasteiger partial charge in [-0.2, -0.15) is 0 Å². The number of carbonyl (C=O) groups excluding carboxylic acids is 1. The minimum absolute atomic E-state index is 0.151. The molecular weight excluding hydrogens is 253 g/mol. The molecule has 0 radical (unpaired) electrons. The standard InChI is InChI=1S/C17H18FNO/c1-12-11-14-16(7-4-8-17(14)20)19(12)10-9-13-5-2-3-6-15(13)18/h2-3,5-6,11H,4,7-10H2,1H3. The molecule has 1 heterocycles. The first-order valence-electron chi connectivity index (χ1n) is 7.12. The van der Waals surface area contributed by atoms with Crippen molar-refractivity contribution in [3.8, 4) is 0 Å². The normalized spacial score (nSPS) is 14.4. The number of aromatic nitrogens is 1. The molecule has 1 aromatic carbocycles. The molecule has 0 unspecified atom stereocenters. The van der Waals surface area contributed by atoms with Crippen LogP contribution in [0.1, 0.15) is 40.2 Å². The highest BCUT2D eigenvalue weighted by molar-refractivity contribution is 5.98. The summed E-state index contributed by atoms with van der Waals surface area (Å²) in [6.07, 6.45) is 3.19. The zero-order valence-electron chi connectivity index (χ0n) is 11.7. The number of rotatable bonds is 3. The first-order valence-corrected chi connectivity index (χ1v) is 7.12. The maximum atomic E-state index is 13.7. The molecule has 0 saturated carbocycles. The molecular formula is C17H18FNO. The maximum absolute atomic E-state index is 13.7. The number of nitrogens with zero attached hydrogens (tertiary/aromatic N) is 1. The third kappa shape index (κ3) is 2.28. The number of Topliss-reactive ketones (excluding diaryl/α,β-unsaturated/α-hetero) is 1. The molecule has 0 aliphatic heterocycles. The molecule has 2 nitrogen and oxygen atoms in total. The van der Waals surface area contributed by atoms with Crippen LogP contribution in [0.2, 0.25) is 0 Å². The molecule has 1 aliphatic rings. The van der Waals surface area contributed by atoms with Crippen molar-refractivity contribution in [1.29, 1.82) is 0 Å². The predicted octanol–water partition coefficient (Wildman–Crippen LogP) is 3.70. The van der Waals surface area contributed by atoms with E-state index >= 15 is 0 Å². The molecule has 0 fully saturated rings. The van der Waals surface area contributed by atoms with Crippen molar-refractivity contribution in [3.63, 3.8) is 0 Å². The number of benzene rings is 1. The van der Waals surface area contributed by atoms with Gasteiger partial charge in [0.15, 0.2) is 5.78 Å². The van der Waals surface area contributed by atoms with E-state index in [9.17, 15) is 9.18 Å². The van der Waals surface area contributed by atoms with Crippen LogP contribution in [0, 0.1) is 12.7 Å². The van der Waals surface area contributed by atoms with Crippen LogP contribution >= 0.6 is 0 Å². The van der Waals surface area contributed by atoms with E-state index in [0.717, 1.165) is 41.9 Å². The molecule has 20 heavy (non-hydrogen) atoms. The van der Waals surface area contributed by atoms with Gasteiger partial charge in [0.2, 0.25) is 0 Å². The van der Waals surface area contributed by atoms with E-state index < -0.39 is 0 Å². The fourth-order valence-electron chi connectivity index (χ4n) is 3.04. The summed E-state index contributed by atoms with van der Waals surface area (Å²) >= 11 is 0. The number of fused-ring (bicyclic) bond motifs is 1. The molecule has 0 N–H and O–H groups in total. The Kier molecular flexibility index (Phi) is 3.43. The van der Waals surface area contributed by atoms with Gasteiger partial charge in [0.05, 0.1) is 0 Å². The molecule has 2 aromatic rings. The van der Waals surface area contributed by atoms with Crippen LogP contribution in [0.25, 0.3) is 0 Å². The lowest BCUT2D eigenvalue weighted by atomic mass is 9.96. The van der Waals surface area contributed by atoms with Crippen LogP contribution in [-0.2, 0) is 19.4 Å². The molecule has 0 amide bonds. The van der Waals surface area contributed by atoms with Crippen LogP contribution < -0.4 is 0 Å². The molecule has 3 heteroatoms. The van der Waals surface area contributed by atoms with Gasteiger partial charge in [-0.05, 0) is 43.9 Å². The monoisotopic (exact) mass is 271 g/mol. The van der Waals surface area contributed by atoms with Gasteiger partial charge in [0.1, 0.15) is 5.82 Å². The van der Waals surface area contributed by atoms with Crippen molar-refractivity contribution in [2.45, 2.75) is 39.2 Å². The lowest BCUT2D eigenvalue weighted by Crippen LogP contribution is -2.14. The molecule has 104 valence electrons. The minimum Gasteiger partial charge on any atom is -0.348 e. The smallest absolute Gasteiger partial charge is 0.164 e. The van der Waals surface area contributed by atoms with E-state index in [4.69, 9.17) is 0 Å². The Morgan fingerprint density at radius 2 is 2.05 bits per heavy atom. The summed E-state index contributed by atoms with van der Waals surface area (Å²) in [4.78, 5) is 11.9. The summed E-state index contributed by atoms with van der Waals surface area (Å²) in [7, 11) is 0. The largest absolute Gasteiger partial charge is 0.348 e. The second-order valence-electron chi connectivity index (χ2n) is 5.42. The van der Waals surface area contributed by atoms with E-state index in [1.165, 1.54) is 6.07 Å². The number of carbonyl (C=O) groups is 1. The highest BCUT2D eigenvalue weighted by Crippen LogP contribution is 2.25. The second-order valence-corrected chi connectivity index (χ2v) is 5.42. The van der Waals surface area contributed by atoms with Gasteiger partial charge >= 0.3 is 0 Å². The van der Waals surface area contributed by atoms with Gasteiger partial charge < -0.3 is 4.57 Å². The van der Waals surface area contributed by atoms with E-state index in [1.54, 1.807) is 6.07 Å². The Morgan fingerprint density at radius 1 is 1.25 bits per heavy atom. The zero-order valence-corrected chi connectivity index (χ0v) is 11.7. The van der Waals surface area contributed by atoms with Crippen molar-refractivity contribution in [2.24, 2.45) is 0 Å². The highest BCUT2D eigenvalue weighted by Gasteiger charge is 2.22. The third-order valence-corrected chi connectivity index (χ3v) is 4.10. The number of hydrogen-bond acceptors (Lipinski definition) is 1. The van der Waals surface area contributed by atoms with Crippen LogP contribution in [0.5, 0.6) is 0 Å². The summed E-state index contributed by atoms with van der Waals surface area (Å²) in [6.45, 7) is 2.75. The first-order chi connectivity index (χ1) is 9.66. The van der Waals surface area contributed by atoms with Gasteiger partial charge in [-0.3, -0.25) is 4.79 Å². The van der Waals surface area contributed by atoms with Crippen molar-refractivity contribution in [3.05, 3.63) is 58.7 Å². The van der Waals surface area contributed by atoms with Gasteiger partial charge in [-0.1, -0.05) is 18.2 Å². The number of hydrogen-bond donors (Lipinski definition) is 0. The molecule has 0 saturated heterocycles. The summed E-state index contributed by atoms with van der Waals surface area (Å²) < 4.78 is 15.8. The van der Waals surface area contributed by atoms with Gasteiger partial charge in [-0.15, -0.1) is 0 Å². The summed E-state index contributed by atoms with van der Waals surface area (Å²) in [6, 6.07) is 8.88. The molecule has 0 atom stereocenters. The van der Waals surface area contributed by atoms with Crippen molar-refractivity contribution in [1.82, 2.24) is 4.57 Å². The third-order valence-electron chi connectivity index (χ3n) is 4.10. The molecule has 0 bridgehead atoms. The average Bonchev–Trinajstić information content (AvgIpc) is 2.76. The minimum atomic E-state index is -0.151. The van der Waals surface area contributed by atoms with E-state index in [-0.39, 0.29) is 11.6 Å². The van der Waals surface area contributed by atoms with Gasteiger partial charge in [0, 0.05) is 29.9 Å². The van der Waals surface area contributed by atoms with Crippen molar-refractivity contribution >= 4 is 5.78 Å². The summed E-state index contributed by atoms with van der Waals surface area (Å²) in [5.74, 6) is 0.0984. The average molecular weight is 271 g/mol. The zero-order chi connectivity index (χ0) is 14.1. The second kappa shape index (κ2) is 5.23. The van der Waals surface area contributed by atoms with Gasteiger partial charge in [-0.25, -0.2) is 4.39 Å². The fourth-order valence-corrected chi connectivity index (χ4v) is 3.04. The summed E-state index contributed by atoms with van der Waals surface area (Å²) in [5, 5.41) is 0. The molecule has 1 aromatic heterocycles. The van der Waals surface area contributed by atoms with Gasteiger partial charge in [0.25, 0.3) is 0 Å². The Hall–Kier alpha value is -1.90. The molecule has 0 spiro atoms. The number of halogens is 1. The predicted molar refractivity (Wildman–Crippen MR) is 76.5 cm³/mol. The van der Waals surface area contributed by atoms with E-state index in [1.807, 2.05) is 25.1 Å². The highest BCUT2D eigenvalue weighted by atomic mass is 19.1. The number of ketones is 1. The summed E-state index contributed by atoms with van der Waals surface area (Å²) in [5.41, 5.74) is 3.84. The molecule has 3 rings (SSSR count). The van der Waals surface area contributed by atoms with Crippen molar-refractivity contribution < 1.29 is 9.18 Å². The quantitative estimate of drug-likeness (QED) is 0.834. The van der Waals surface area contributed by atoms with Crippen LogP contribution in [0.4, 0.5) is 4.39 Å². The molecule has 1 aliphatic carbocycles. The first kappa shape index (κ1) is 13.1. The Bertz CT molecular complexity index is 657. The van der Waals surface area contributed by atoms with Crippen LogP contribution in [0.3, 0.4) is 0 Å². The topological polar surface area (TPSA) is 22.0 Å². The number of aryl methyl sites for hydroxylation is 2. The SMILES string of the molecule is Cc1cc2c(n1CCc1ccccc1F)CCCC2=O. The van der Waals surface area contributed by atoms with Crippen molar-refractivity contribution in [2.75, 3.05) is 0 Å². The maximum Gasteiger partial charge on any atom is 0.164 e. The van der Waals surface area contributed by atoms with Crippen LogP contribution in [0.15, 0.2) is 30.3 Å². The Balaban J connectivity index is 1.85. The lowest BCUT2D eigenvalue weighted by molar-refractivity contribution is 0.0971. The Labute approximate surface area is 118 Å². The fraction of sp³-hybridized carbons (Fsp3) is 0.353.